The largest absolute Gasteiger partial charge is 0.465 e. The fourth-order valence-corrected chi connectivity index (χ4v) is 4.22. The summed E-state index contributed by atoms with van der Waals surface area (Å²) in [6.07, 6.45) is 2.12. The highest BCUT2D eigenvalue weighted by Gasteiger charge is 2.21. The Bertz CT molecular complexity index is 1150. The van der Waals surface area contributed by atoms with Crippen LogP contribution in [0.25, 0.3) is 11.4 Å². The molecule has 3 aromatic rings. The first kappa shape index (κ1) is 23.3. The van der Waals surface area contributed by atoms with E-state index >= 15 is 0 Å². The first-order valence-electron chi connectivity index (χ1n) is 10.9. The normalized spacial score (nSPS) is 15.8. The van der Waals surface area contributed by atoms with Crippen LogP contribution in [-0.4, -0.2) is 52.1 Å². The molecule has 1 fully saturated rings. The zero-order chi connectivity index (χ0) is 23.4. The SMILES string of the molecule is COC(=O)c1ccc(CN(C)Cn2nc(-c3ccc(F)cc3)n(CC3CCCO3)c2=S)cc1. The van der Waals surface area contributed by atoms with Crippen LogP contribution < -0.4 is 0 Å². The van der Waals surface area contributed by atoms with Gasteiger partial charge in [0.15, 0.2) is 10.6 Å². The number of halogens is 1. The van der Waals surface area contributed by atoms with Gasteiger partial charge in [-0.05, 0) is 74.1 Å². The van der Waals surface area contributed by atoms with Crippen LogP contribution in [0.15, 0.2) is 48.5 Å². The maximum Gasteiger partial charge on any atom is 0.337 e. The Hall–Kier alpha value is -2.88. The van der Waals surface area contributed by atoms with Crippen LogP contribution in [0.2, 0.25) is 0 Å². The summed E-state index contributed by atoms with van der Waals surface area (Å²) in [5.41, 5.74) is 2.37. The zero-order valence-electron chi connectivity index (χ0n) is 18.7. The summed E-state index contributed by atoms with van der Waals surface area (Å²) in [7, 11) is 3.35. The summed E-state index contributed by atoms with van der Waals surface area (Å²) in [5.74, 6) is 0.0538. The summed E-state index contributed by atoms with van der Waals surface area (Å²) in [6.45, 7) is 2.50. The maximum atomic E-state index is 13.5. The number of methoxy groups -OCH3 is 1. The summed E-state index contributed by atoms with van der Waals surface area (Å²) in [5, 5.41) is 4.78. The molecule has 7 nitrogen and oxygen atoms in total. The van der Waals surface area contributed by atoms with Crippen molar-refractivity contribution in [2.75, 3.05) is 20.8 Å². The lowest BCUT2D eigenvalue weighted by atomic mass is 10.1. The van der Waals surface area contributed by atoms with Gasteiger partial charge in [-0.3, -0.25) is 9.47 Å². The van der Waals surface area contributed by atoms with E-state index in [4.69, 9.17) is 26.8 Å². The van der Waals surface area contributed by atoms with Gasteiger partial charge in [-0.2, -0.15) is 5.10 Å². The lowest BCUT2D eigenvalue weighted by Crippen LogP contribution is -2.23. The topological polar surface area (TPSA) is 61.5 Å². The molecule has 0 aliphatic carbocycles. The van der Waals surface area contributed by atoms with Crippen LogP contribution in [0, 0.1) is 10.6 Å². The van der Waals surface area contributed by atoms with Gasteiger partial charge in [0.1, 0.15) is 5.82 Å². The minimum atomic E-state index is -0.355. The van der Waals surface area contributed by atoms with Crippen molar-refractivity contribution >= 4 is 18.2 Å². The molecule has 0 N–H and O–H groups in total. The van der Waals surface area contributed by atoms with Crippen LogP contribution in [0.4, 0.5) is 4.39 Å². The number of aromatic nitrogens is 3. The molecule has 1 aliphatic heterocycles. The van der Waals surface area contributed by atoms with Crippen molar-refractivity contribution in [3.63, 3.8) is 0 Å². The highest BCUT2D eigenvalue weighted by Crippen LogP contribution is 2.22. The molecule has 0 radical (unpaired) electrons. The van der Waals surface area contributed by atoms with Crippen molar-refractivity contribution < 1.29 is 18.7 Å². The van der Waals surface area contributed by atoms with Crippen molar-refractivity contribution in [2.45, 2.75) is 38.7 Å². The zero-order valence-corrected chi connectivity index (χ0v) is 19.6. The molecule has 1 aliphatic rings. The van der Waals surface area contributed by atoms with E-state index in [1.165, 1.54) is 19.2 Å². The predicted octanol–water partition coefficient (Wildman–Crippen LogP) is 4.28. The van der Waals surface area contributed by atoms with Gasteiger partial charge < -0.3 is 9.47 Å². The van der Waals surface area contributed by atoms with Crippen molar-refractivity contribution in [3.8, 4) is 11.4 Å². The molecule has 0 amide bonds. The van der Waals surface area contributed by atoms with E-state index in [9.17, 15) is 9.18 Å². The lowest BCUT2D eigenvalue weighted by Gasteiger charge is -2.16. The van der Waals surface area contributed by atoms with Gasteiger partial charge in [0, 0.05) is 18.7 Å². The Balaban J connectivity index is 1.54. The van der Waals surface area contributed by atoms with Crippen LogP contribution in [-0.2, 0) is 29.2 Å². The number of hydrogen-bond acceptors (Lipinski definition) is 6. The average molecular weight is 471 g/mol. The fraction of sp³-hybridized carbons (Fsp3) is 0.375. The molecule has 174 valence electrons. The molecule has 0 saturated carbocycles. The van der Waals surface area contributed by atoms with E-state index in [0.29, 0.717) is 35.9 Å². The lowest BCUT2D eigenvalue weighted by molar-refractivity contribution is 0.0600. The third-order valence-corrected chi connectivity index (χ3v) is 6.07. The molecule has 0 bridgehead atoms. The molecule has 4 rings (SSSR count). The van der Waals surface area contributed by atoms with E-state index in [0.717, 1.165) is 30.6 Å². The van der Waals surface area contributed by atoms with E-state index in [1.807, 2.05) is 23.7 Å². The van der Waals surface area contributed by atoms with Gasteiger partial charge in [-0.1, -0.05) is 12.1 Å². The van der Waals surface area contributed by atoms with E-state index in [-0.39, 0.29) is 17.9 Å². The molecule has 0 spiro atoms. The smallest absolute Gasteiger partial charge is 0.337 e. The van der Waals surface area contributed by atoms with E-state index < -0.39 is 0 Å². The van der Waals surface area contributed by atoms with Gasteiger partial charge in [0.25, 0.3) is 0 Å². The first-order chi connectivity index (χ1) is 15.9. The second-order valence-electron chi connectivity index (χ2n) is 8.20. The molecule has 33 heavy (non-hydrogen) atoms. The van der Waals surface area contributed by atoms with Gasteiger partial charge in [0.05, 0.1) is 32.0 Å². The maximum absolute atomic E-state index is 13.5. The number of rotatable bonds is 8. The number of carbonyl (C=O) groups excluding carboxylic acids is 1. The summed E-state index contributed by atoms with van der Waals surface area (Å²) in [6, 6.07) is 13.6. The molecule has 2 aromatic carbocycles. The van der Waals surface area contributed by atoms with Crippen molar-refractivity contribution in [1.82, 2.24) is 19.2 Å². The second-order valence-corrected chi connectivity index (χ2v) is 8.57. The van der Waals surface area contributed by atoms with Crippen LogP contribution in [0.5, 0.6) is 0 Å². The first-order valence-corrected chi connectivity index (χ1v) is 11.3. The fourth-order valence-electron chi connectivity index (χ4n) is 3.96. The number of hydrogen-bond donors (Lipinski definition) is 0. The van der Waals surface area contributed by atoms with Gasteiger partial charge in [-0.25, -0.2) is 13.9 Å². The molecule has 1 saturated heterocycles. The number of ether oxygens (including phenoxy) is 2. The highest BCUT2D eigenvalue weighted by molar-refractivity contribution is 7.71. The third-order valence-electron chi connectivity index (χ3n) is 5.64. The number of esters is 1. The Labute approximate surface area is 197 Å². The highest BCUT2D eigenvalue weighted by atomic mass is 32.1. The molecular formula is C24H27FN4O3S. The molecule has 2 heterocycles. The van der Waals surface area contributed by atoms with Gasteiger partial charge >= 0.3 is 5.97 Å². The average Bonchev–Trinajstić information content (AvgIpc) is 3.44. The Morgan fingerprint density at radius 1 is 1.24 bits per heavy atom. The van der Waals surface area contributed by atoms with E-state index in [1.54, 1.807) is 28.9 Å². The van der Waals surface area contributed by atoms with E-state index in [2.05, 4.69) is 4.90 Å². The summed E-state index contributed by atoms with van der Waals surface area (Å²) in [4.78, 5) is 13.7. The Morgan fingerprint density at radius 3 is 2.61 bits per heavy atom. The second kappa shape index (κ2) is 10.4. The van der Waals surface area contributed by atoms with Crippen LogP contribution >= 0.6 is 12.2 Å². The van der Waals surface area contributed by atoms with Crippen molar-refractivity contribution in [2.24, 2.45) is 0 Å². The molecule has 1 atom stereocenters. The molecule has 1 unspecified atom stereocenters. The Kier molecular flexibility index (Phi) is 7.32. The minimum Gasteiger partial charge on any atom is -0.465 e. The van der Waals surface area contributed by atoms with Crippen LogP contribution in [0.1, 0.15) is 28.8 Å². The standard InChI is InChI=1S/C24H27FN4O3S/c1-27(14-17-5-7-19(8-6-17)23(30)31-2)16-29-24(33)28(15-21-4-3-13-32-21)22(26-29)18-9-11-20(25)12-10-18/h5-12,21H,3-4,13-16H2,1-2H3. The number of benzene rings is 2. The minimum absolute atomic E-state index is 0.0969. The Morgan fingerprint density at radius 2 is 1.97 bits per heavy atom. The van der Waals surface area contributed by atoms with Crippen LogP contribution in [0.3, 0.4) is 0 Å². The predicted molar refractivity (Wildman–Crippen MR) is 125 cm³/mol. The quantitative estimate of drug-likeness (QED) is 0.362. The summed E-state index contributed by atoms with van der Waals surface area (Å²) >= 11 is 5.77. The van der Waals surface area contributed by atoms with Gasteiger partial charge in [0.2, 0.25) is 0 Å². The molecule has 9 heteroatoms. The number of nitrogens with zero attached hydrogens (tertiary/aromatic N) is 4. The summed E-state index contributed by atoms with van der Waals surface area (Å²) < 4.78 is 28.4. The number of carbonyl (C=O) groups is 1. The third kappa shape index (κ3) is 5.55. The monoisotopic (exact) mass is 470 g/mol. The van der Waals surface area contributed by atoms with Crippen molar-refractivity contribution in [1.29, 1.82) is 0 Å². The molecule has 1 aromatic heterocycles. The molecular weight excluding hydrogens is 443 g/mol. The van der Waals surface area contributed by atoms with Gasteiger partial charge in [-0.15, -0.1) is 0 Å². The van der Waals surface area contributed by atoms with Crippen molar-refractivity contribution in [3.05, 3.63) is 70.2 Å².